The summed E-state index contributed by atoms with van der Waals surface area (Å²) in [5.41, 5.74) is 4.80. The summed E-state index contributed by atoms with van der Waals surface area (Å²) in [7, 11) is 0. The lowest BCUT2D eigenvalue weighted by Gasteiger charge is -2.14. The van der Waals surface area contributed by atoms with E-state index in [0.717, 1.165) is 42.0 Å². The molecule has 132 valence electrons. The Morgan fingerprint density at radius 3 is 2.35 bits per heavy atom. The Hall–Kier alpha value is -3.14. The fourth-order valence-electron chi connectivity index (χ4n) is 3.09. The third-order valence-electron chi connectivity index (χ3n) is 4.34. The van der Waals surface area contributed by atoms with Crippen LogP contribution in [0.15, 0.2) is 61.2 Å². The second-order valence-corrected chi connectivity index (χ2v) is 6.24. The van der Waals surface area contributed by atoms with Crippen molar-refractivity contribution < 1.29 is 19.1 Å². The van der Waals surface area contributed by atoms with Crippen molar-refractivity contribution >= 4 is 11.9 Å². The largest absolute Gasteiger partial charge is 0.423 e. The molecule has 0 saturated heterocycles. The van der Waals surface area contributed by atoms with E-state index in [4.69, 9.17) is 9.47 Å². The molecule has 0 bridgehead atoms. The van der Waals surface area contributed by atoms with Gasteiger partial charge in [0.05, 0.1) is 0 Å². The average Bonchev–Trinajstić information content (AvgIpc) is 3.12. The van der Waals surface area contributed by atoms with Crippen molar-refractivity contribution in [3.8, 4) is 22.6 Å². The van der Waals surface area contributed by atoms with Crippen LogP contribution in [0, 0.1) is 0 Å². The molecule has 2 aromatic rings. The summed E-state index contributed by atoms with van der Waals surface area (Å²) in [4.78, 5) is 23.1. The van der Waals surface area contributed by atoms with Gasteiger partial charge in [-0.25, -0.2) is 9.59 Å². The van der Waals surface area contributed by atoms with E-state index in [-0.39, 0.29) is 0 Å². The fourth-order valence-corrected chi connectivity index (χ4v) is 3.09. The predicted octanol–water partition coefficient (Wildman–Crippen LogP) is 4.42. The van der Waals surface area contributed by atoms with Gasteiger partial charge in [-0.1, -0.05) is 31.4 Å². The first-order chi connectivity index (χ1) is 12.5. The number of rotatable bonds is 5. The first-order valence-corrected chi connectivity index (χ1v) is 8.46. The zero-order valence-electron chi connectivity index (χ0n) is 14.7. The third-order valence-corrected chi connectivity index (χ3v) is 4.34. The molecule has 4 nitrogen and oxygen atoms in total. The second-order valence-electron chi connectivity index (χ2n) is 6.24. The molecule has 0 radical (unpaired) electrons. The van der Waals surface area contributed by atoms with Crippen LogP contribution in [0.5, 0.6) is 11.5 Å². The Morgan fingerprint density at radius 2 is 1.69 bits per heavy atom. The van der Waals surface area contributed by atoms with Crippen LogP contribution in [-0.2, 0) is 22.4 Å². The summed E-state index contributed by atoms with van der Waals surface area (Å²) in [6, 6.07) is 11.2. The highest BCUT2D eigenvalue weighted by Gasteiger charge is 2.21. The van der Waals surface area contributed by atoms with Crippen molar-refractivity contribution in [2.75, 3.05) is 0 Å². The van der Waals surface area contributed by atoms with Crippen LogP contribution in [0.3, 0.4) is 0 Å². The van der Waals surface area contributed by atoms with Gasteiger partial charge in [0.1, 0.15) is 11.5 Å². The summed E-state index contributed by atoms with van der Waals surface area (Å²) in [5.74, 6) is 0.204. The molecule has 0 unspecified atom stereocenters. The SMILES string of the molecule is C=CC(=O)Oc1ccc(-c2ccc(OC(=O)C(=C)C)c3c2CCC3)cc1. The molecule has 0 amide bonds. The molecule has 1 aliphatic rings. The van der Waals surface area contributed by atoms with Gasteiger partial charge in [-0.05, 0) is 66.6 Å². The second kappa shape index (κ2) is 7.40. The van der Waals surface area contributed by atoms with Gasteiger partial charge in [-0.2, -0.15) is 0 Å². The van der Waals surface area contributed by atoms with Gasteiger partial charge in [0.25, 0.3) is 0 Å². The van der Waals surface area contributed by atoms with E-state index in [1.54, 1.807) is 19.1 Å². The minimum atomic E-state index is -0.484. The molecule has 26 heavy (non-hydrogen) atoms. The number of ether oxygens (including phenoxy) is 2. The van der Waals surface area contributed by atoms with Gasteiger partial charge >= 0.3 is 11.9 Å². The zero-order valence-corrected chi connectivity index (χ0v) is 14.7. The number of hydrogen-bond acceptors (Lipinski definition) is 4. The highest BCUT2D eigenvalue weighted by atomic mass is 16.5. The number of benzene rings is 2. The van der Waals surface area contributed by atoms with Crippen molar-refractivity contribution in [3.63, 3.8) is 0 Å². The maximum atomic E-state index is 11.8. The summed E-state index contributed by atoms with van der Waals surface area (Å²) < 4.78 is 10.6. The Bertz CT molecular complexity index is 891. The highest BCUT2D eigenvalue weighted by Crippen LogP contribution is 2.38. The van der Waals surface area contributed by atoms with Gasteiger partial charge in [0, 0.05) is 11.6 Å². The molecular weight excluding hydrogens is 328 g/mol. The first kappa shape index (κ1) is 17.7. The van der Waals surface area contributed by atoms with E-state index in [1.807, 2.05) is 24.3 Å². The van der Waals surface area contributed by atoms with Crippen molar-refractivity contribution in [1.29, 1.82) is 0 Å². The molecule has 1 aliphatic carbocycles. The molecule has 4 heteroatoms. The summed E-state index contributed by atoms with van der Waals surface area (Å²) in [6.45, 7) is 8.65. The lowest BCUT2D eigenvalue weighted by molar-refractivity contribution is -0.130. The van der Waals surface area contributed by atoms with Crippen LogP contribution in [0.1, 0.15) is 24.5 Å². The summed E-state index contributed by atoms with van der Waals surface area (Å²) >= 11 is 0. The van der Waals surface area contributed by atoms with E-state index >= 15 is 0 Å². The number of esters is 2. The predicted molar refractivity (Wildman–Crippen MR) is 100 cm³/mol. The Balaban J connectivity index is 1.91. The van der Waals surface area contributed by atoms with Gasteiger partial charge in [-0.3, -0.25) is 0 Å². The maximum absolute atomic E-state index is 11.8. The van der Waals surface area contributed by atoms with Crippen molar-refractivity contribution in [3.05, 3.63) is 72.3 Å². The van der Waals surface area contributed by atoms with Gasteiger partial charge < -0.3 is 9.47 Å². The lowest BCUT2D eigenvalue weighted by atomic mass is 9.96. The lowest BCUT2D eigenvalue weighted by Crippen LogP contribution is -2.10. The summed E-state index contributed by atoms with van der Waals surface area (Å²) in [5, 5.41) is 0. The molecule has 0 spiro atoms. The van der Waals surface area contributed by atoms with E-state index < -0.39 is 11.9 Å². The fraction of sp³-hybridized carbons (Fsp3) is 0.182. The monoisotopic (exact) mass is 348 g/mol. The Kier molecular flexibility index (Phi) is 5.03. The Morgan fingerprint density at radius 1 is 1.00 bits per heavy atom. The van der Waals surface area contributed by atoms with Crippen LogP contribution in [0.25, 0.3) is 11.1 Å². The highest BCUT2D eigenvalue weighted by molar-refractivity contribution is 5.89. The average molecular weight is 348 g/mol. The molecule has 2 aromatic carbocycles. The summed E-state index contributed by atoms with van der Waals surface area (Å²) in [6.07, 6.45) is 3.98. The zero-order chi connectivity index (χ0) is 18.7. The van der Waals surface area contributed by atoms with E-state index in [2.05, 4.69) is 13.2 Å². The van der Waals surface area contributed by atoms with E-state index in [1.165, 1.54) is 5.56 Å². The first-order valence-electron chi connectivity index (χ1n) is 8.46. The third kappa shape index (κ3) is 3.59. The van der Waals surface area contributed by atoms with Crippen LogP contribution in [0.4, 0.5) is 0 Å². The molecule has 0 atom stereocenters. The number of carbonyl (C=O) groups is 2. The van der Waals surface area contributed by atoms with Crippen LogP contribution in [-0.4, -0.2) is 11.9 Å². The van der Waals surface area contributed by atoms with Crippen molar-refractivity contribution in [1.82, 2.24) is 0 Å². The van der Waals surface area contributed by atoms with Gasteiger partial charge in [0.2, 0.25) is 0 Å². The number of hydrogen-bond donors (Lipinski definition) is 0. The molecule has 0 aromatic heterocycles. The molecule has 0 heterocycles. The molecular formula is C22H20O4. The molecule has 0 fully saturated rings. The molecule has 3 rings (SSSR count). The van der Waals surface area contributed by atoms with Crippen molar-refractivity contribution in [2.45, 2.75) is 26.2 Å². The molecule has 0 saturated carbocycles. The quantitative estimate of drug-likeness (QED) is 0.456. The van der Waals surface area contributed by atoms with E-state index in [0.29, 0.717) is 17.1 Å². The minimum Gasteiger partial charge on any atom is -0.423 e. The standard InChI is InChI=1S/C22H20O4/c1-4-21(23)25-16-10-8-15(9-11-16)17-12-13-20(26-22(24)14(2)3)19-7-5-6-18(17)19/h4,8-13H,1-2,5-7H2,3H3. The number of carbonyl (C=O) groups excluding carboxylic acids is 2. The normalized spacial score (nSPS) is 12.2. The van der Waals surface area contributed by atoms with E-state index in [9.17, 15) is 9.59 Å². The molecule has 0 aliphatic heterocycles. The van der Waals surface area contributed by atoms with Crippen molar-refractivity contribution in [2.24, 2.45) is 0 Å². The van der Waals surface area contributed by atoms with Crippen LogP contribution in [0.2, 0.25) is 0 Å². The minimum absolute atomic E-state index is 0.380. The maximum Gasteiger partial charge on any atom is 0.338 e. The molecule has 0 N–H and O–H groups in total. The Labute approximate surface area is 152 Å². The van der Waals surface area contributed by atoms with Gasteiger partial charge in [-0.15, -0.1) is 0 Å². The smallest absolute Gasteiger partial charge is 0.338 e. The number of fused-ring (bicyclic) bond motifs is 1. The van der Waals surface area contributed by atoms with Crippen LogP contribution >= 0.6 is 0 Å². The van der Waals surface area contributed by atoms with Gasteiger partial charge in [0.15, 0.2) is 0 Å². The topological polar surface area (TPSA) is 52.6 Å². The van der Waals surface area contributed by atoms with Crippen LogP contribution < -0.4 is 9.47 Å².